The molecule has 3 N–H and O–H groups in total. The third-order valence-corrected chi connectivity index (χ3v) is 8.73. The van der Waals surface area contributed by atoms with E-state index in [1.807, 2.05) is 0 Å². The van der Waals surface area contributed by atoms with E-state index in [0.29, 0.717) is 69.0 Å². The maximum atomic E-state index is 14.7. The van der Waals surface area contributed by atoms with E-state index in [-0.39, 0.29) is 30.5 Å². The predicted octanol–water partition coefficient (Wildman–Crippen LogP) is 7.04. The number of aliphatic hydroxyl groups is 1. The molecule has 0 aliphatic carbocycles. The number of carbonyl (C=O) groups is 1. The quantitative estimate of drug-likeness (QED) is 0.0362. The molecule has 5 rings (SSSR count). The van der Waals surface area contributed by atoms with Gasteiger partial charge in [-0.15, -0.1) is 0 Å². The van der Waals surface area contributed by atoms with Crippen molar-refractivity contribution < 1.29 is 33.6 Å². The fourth-order valence-corrected chi connectivity index (χ4v) is 6.15. The average Bonchev–Trinajstić information content (AvgIpc) is 3.52. The molecule has 4 aromatic rings. The van der Waals surface area contributed by atoms with Gasteiger partial charge in [0.05, 0.1) is 33.5 Å². The third kappa shape index (κ3) is 8.42. The van der Waals surface area contributed by atoms with Crippen LogP contribution >= 0.6 is 23.2 Å². The van der Waals surface area contributed by atoms with Gasteiger partial charge in [-0.1, -0.05) is 58.6 Å². The Morgan fingerprint density at radius 3 is 2.37 bits per heavy atom. The van der Waals surface area contributed by atoms with Crippen LogP contribution in [0.3, 0.4) is 0 Å². The molecular formula is C36H36Cl2N6O7. The molecule has 0 spiro atoms. The first kappa shape index (κ1) is 37.1. The second-order valence-corrected chi connectivity index (χ2v) is 12.1. The minimum atomic E-state index is -1.70. The van der Waals surface area contributed by atoms with Gasteiger partial charge in [0.1, 0.15) is 23.0 Å². The highest BCUT2D eigenvalue weighted by molar-refractivity contribution is 6.35. The van der Waals surface area contributed by atoms with Crippen molar-refractivity contribution in [3.05, 3.63) is 122 Å². The Kier molecular flexibility index (Phi) is 12.5. The van der Waals surface area contributed by atoms with Gasteiger partial charge in [-0.05, 0) is 47.5 Å². The van der Waals surface area contributed by atoms with Crippen LogP contribution in [0.1, 0.15) is 34.8 Å². The molecule has 4 aromatic carbocycles. The molecule has 1 heterocycles. The molecular weight excluding hydrogens is 699 g/mol. The molecule has 0 saturated heterocycles. The first-order valence-corrected chi connectivity index (χ1v) is 16.5. The topological polar surface area (TPSA) is 169 Å². The van der Waals surface area contributed by atoms with Gasteiger partial charge in [-0.3, -0.25) is 10.2 Å². The minimum absolute atomic E-state index is 0.0143. The van der Waals surface area contributed by atoms with Crippen LogP contribution in [-0.2, 0) is 22.5 Å². The van der Waals surface area contributed by atoms with E-state index in [9.17, 15) is 10.3 Å². The van der Waals surface area contributed by atoms with Crippen molar-refractivity contribution >= 4 is 40.7 Å². The summed E-state index contributed by atoms with van der Waals surface area (Å²) in [4.78, 5) is 22.7. The number of azide groups is 1. The Hall–Kier alpha value is -5.17. The van der Waals surface area contributed by atoms with E-state index in [1.165, 1.54) is 21.3 Å². The lowest BCUT2D eigenvalue weighted by Gasteiger charge is -2.31. The van der Waals surface area contributed by atoms with E-state index in [0.717, 1.165) is 0 Å². The summed E-state index contributed by atoms with van der Waals surface area (Å²) >= 11 is 13.1. The number of hydrogen-bond donors (Lipinski definition) is 3. The van der Waals surface area contributed by atoms with Crippen LogP contribution in [0.5, 0.6) is 23.0 Å². The van der Waals surface area contributed by atoms with E-state index < -0.39 is 17.6 Å². The minimum Gasteiger partial charge on any atom is -0.496 e. The highest BCUT2D eigenvalue weighted by Crippen LogP contribution is 2.46. The summed E-state index contributed by atoms with van der Waals surface area (Å²) in [5.74, 6) is 1.67. The summed E-state index contributed by atoms with van der Waals surface area (Å²) < 4.78 is 28.8. The standard InChI is InChI=1S/C36H36Cl2N6O7/c1-47-26-18-31(48-2)28(32(19-26)49-3)21-40-43-35(46)36(20-23-7-4-5-8-30(23)42-44-39)33(27-14-11-24(37)17-29(27)38)51-34(41-36)22-9-12-25(13-10-22)50-16-6-15-45/h4-5,7-14,17-19,33,40,45H,6,15-16,20-21H2,1-3H3,(H,43,46)/t33-,36-/m0/s1. The van der Waals surface area contributed by atoms with Crippen LogP contribution in [0.2, 0.25) is 10.0 Å². The van der Waals surface area contributed by atoms with Gasteiger partial charge in [0.2, 0.25) is 5.90 Å². The van der Waals surface area contributed by atoms with Gasteiger partial charge < -0.3 is 28.8 Å². The SMILES string of the molecule is COc1cc(OC)c(CNNC(=O)[C@@]2(Cc3ccccc3N=[N+]=[N-])N=C(c3ccc(OCCCO)cc3)O[C@H]2c2ccc(Cl)cc2Cl)c(OC)c1. The summed E-state index contributed by atoms with van der Waals surface area (Å²) in [6.45, 7) is 0.453. The molecule has 266 valence electrons. The van der Waals surface area contributed by atoms with Crippen molar-refractivity contribution in [2.75, 3.05) is 34.5 Å². The van der Waals surface area contributed by atoms with Crippen LogP contribution in [-0.4, -0.2) is 57.0 Å². The van der Waals surface area contributed by atoms with Gasteiger partial charge in [0.25, 0.3) is 5.91 Å². The molecule has 1 amide bonds. The van der Waals surface area contributed by atoms with Crippen molar-refractivity contribution in [1.29, 1.82) is 0 Å². The van der Waals surface area contributed by atoms with Gasteiger partial charge in [-0.2, -0.15) is 0 Å². The number of methoxy groups -OCH3 is 3. The zero-order chi connectivity index (χ0) is 36.4. The molecule has 51 heavy (non-hydrogen) atoms. The molecule has 0 aromatic heterocycles. The third-order valence-electron chi connectivity index (χ3n) is 8.16. The second-order valence-electron chi connectivity index (χ2n) is 11.3. The van der Waals surface area contributed by atoms with Crippen molar-refractivity contribution in [3.8, 4) is 23.0 Å². The highest BCUT2D eigenvalue weighted by Gasteiger charge is 2.54. The maximum Gasteiger partial charge on any atom is 0.266 e. The van der Waals surface area contributed by atoms with E-state index in [1.54, 1.807) is 78.9 Å². The number of ether oxygens (including phenoxy) is 5. The highest BCUT2D eigenvalue weighted by atomic mass is 35.5. The zero-order valence-corrected chi connectivity index (χ0v) is 29.6. The van der Waals surface area contributed by atoms with Crippen LogP contribution < -0.4 is 29.8 Å². The number of aliphatic imine (C=N–C) groups is 1. The van der Waals surface area contributed by atoms with Gasteiger partial charge >= 0.3 is 0 Å². The Bertz CT molecular complexity index is 1910. The molecule has 13 nitrogen and oxygen atoms in total. The Morgan fingerprint density at radius 1 is 1.00 bits per heavy atom. The summed E-state index contributed by atoms with van der Waals surface area (Å²) in [6.07, 6.45) is -0.633. The molecule has 0 saturated carbocycles. The van der Waals surface area contributed by atoms with Gasteiger partial charge in [0.15, 0.2) is 11.6 Å². The number of halogens is 2. The lowest BCUT2D eigenvalue weighted by atomic mass is 9.81. The first-order chi connectivity index (χ1) is 24.8. The normalized spacial score (nSPS) is 16.4. The number of nitrogens with zero attached hydrogens (tertiary/aromatic N) is 4. The Balaban J connectivity index is 1.59. The average molecular weight is 736 g/mol. The smallest absolute Gasteiger partial charge is 0.266 e. The molecule has 0 unspecified atom stereocenters. The lowest BCUT2D eigenvalue weighted by molar-refractivity contribution is -0.130. The maximum absolute atomic E-state index is 14.7. The largest absolute Gasteiger partial charge is 0.496 e. The van der Waals surface area contributed by atoms with Crippen molar-refractivity contribution in [1.82, 2.24) is 10.9 Å². The number of nitrogens with one attached hydrogen (secondary N) is 2. The van der Waals surface area contributed by atoms with Crippen LogP contribution in [0.25, 0.3) is 10.4 Å². The lowest BCUT2D eigenvalue weighted by Crippen LogP contribution is -2.53. The van der Waals surface area contributed by atoms with E-state index >= 15 is 0 Å². The molecule has 0 radical (unpaired) electrons. The van der Waals surface area contributed by atoms with Crippen LogP contribution in [0.4, 0.5) is 5.69 Å². The van der Waals surface area contributed by atoms with Crippen LogP contribution in [0.15, 0.2) is 89.0 Å². The van der Waals surface area contributed by atoms with E-state index in [2.05, 4.69) is 20.9 Å². The molecule has 0 bridgehead atoms. The van der Waals surface area contributed by atoms with Crippen molar-refractivity contribution in [3.63, 3.8) is 0 Å². The van der Waals surface area contributed by atoms with Gasteiger partial charge in [-0.25, -0.2) is 10.4 Å². The zero-order valence-electron chi connectivity index (χ0n) is 28.1. The summed E-state index contributed by atoms with van der Waals surface area (Å²) in [7, 11) is 4.58. The molecule has 2 atom stereocenters. The number of benzene rings is 4. The Labute approximate surface area is 304 Å². The summed E-state index contributed by atoms with van der Waals surface area (Å²) in [6, 6.07) is 22.3. The van der Waals surface area contributed by atoms with Crippen molar-refractivity contribution in [2.45, 2.75) is 31.0 Å². The fraction of sp³-hybridized carbons (Fsp3) is 0.278. The van der Waals surface area contributed by atoms with Gasteiger partial charge in [0, 0.05) is 69.9 Å². The number of amides is 1. The van der Waals surface area contributed by atoms with Crippen LogP contribution in [0, 0.1) is 0 Å². The number of rotatable bonds is 16. The number of aliphatic hydroxyl groups excluding tert-OH is 1. The number of hydrazine groups is 1. The van der Waals surface area contributed by atoms with E-state index in [4.69, 9.17) is 57.0 Å². The summed E-state index contributed by atoms with van der Waals surface area (Å²) in [5, 5.41) is 13.6. The second kappa shape index (κ2) is 17.2. The predicted molar refractivity (Wildman–Crippen MR) is 193 cm³/mol. The molecule has 1 aliphatic heterocycles. The number of carbonyl (C=O) groups excluding carboxylic acids is 1. The molecule has 0 fully saturated rings. The number of hydrogen-bond acceptors (Lipinski definition) is 10. The Morgan fingerprint density at radius 2 is 1.73 bits per heavy atom. The summed E-state index contributed by atoms with van der Waals surface area (Å²) in [5.41, 5.74) is 16.0. The first-order valence-electron chi connectivity index (χ1n) is 15.8. The molecule has 1 aliphatic rings. The monoisotopic (exact) mass is 734 g/mol. The van der Waals surface area contributed by atoms with Crippen molar-refractivity contribution in [2.24, 2.45) is 10.1 Å². The fourth-order valence-electron chi connectivity index (χ4n) is 5.64. The molecule has 15 heteroatoms.